The maximum absolute atomic E-state index is 11.2. The molecule has 3 aromatic rings. The Morgan fingerprint density at radius 2 is 1.00 bits per heavy atom. The fourth-order valence-corrected chi connectivity index (χ4v) is 3.22. The highest BCUT2D eigenvalue weighted by molar-refractivity contribution is 5.78. The molecule has 26 heavy (non-hydrogen) atoms. The van der Waals surface area contributed by atoms with Crippen molar-refractivity contribution in [2.24, 2.45) is 0 Å². The van der Waals surface area contributed by atoms with Crippen LogP contribution in [0.2, 0.25) is 0 Å². The van der Waals surface area contributed by atoms with E-state index in [0.29, 0.717) is 0 Å². The highest BCUT2D eigenvalue weighted by Gasteiger charge is 2.06. The Kier molecular flexibility index (Phi) is 5.43. The Morgan fingerprint density at radius 3 is 1.35 bits per heavy atom. The first-order valence-electron chi connectivity index (χ1n) is 8.76. The van der Waals surface area contributed by atoms with Crippen LogP contribution < -0.4 is 0 Å². The molecule has 0 bridgehead atoms. The van der Waals surface area contributed by atoms with E-state index in [1.54, 1.807) is 0 Å². The predicted octanol–water partition coefficient (Wildman–Crippen LogP) is 5.11. The van der Waals surface area contributed by atoms with Crippen molar-refractivity contribution in [1.82, 2.24) is 0 Å². The van der Waals surface area contributed by atoms with Crippen LogP contribution in [0.25, 0.3) is 0 Å². The number of hydrogen-bond donors (Lipinski definition) is 0. The SMILES string of the molecule is Cc1ccc(C=O)c(Cc2ccc(Cc3cc(C)ccc3C=O)cc2)c1. The molecule has 0 atom stereocenters. The number of carbonyl (C=O) groups is 2. The van der Waals surface area contributed by atoms with Crippen LogP contribution in [0.5, 0.6) is 0 Å². The minimum Gasteiger partial charge on any atom is -0.298 e. The van der Waals surface area contributed by atoms with Crippen LogP contribution in [0.1, 0.15) is 54.1 Å². The quantitative estimate of drug-likeness (QED) is 0.583. The highest BCUT2D eigenvalue weighted by atomic mass is 16.1. The van der Waals surface area contributed by atoms with Crippen LogP contribution in [0, 0.1) is 13.8 Å². The summed E-state index contributed by atoms with van der Waals surface area (Å²) >= 11 is 0. The smallest absolute Gasteiger partial charge is 0.150 e. The lowest BCUT2D eigenvalue weighted by atomic mass is 9.95. The summed E-state index contributed by atoms with van der Waals surface area (Å²) < 4.78 is 0. The molecule has 0 unspecified atom stereocenters. The van der Waals surface area contributed by atoms with Gasteiger partial charge in [0.25, 0.3) is 0 Å². The molecule has 0 aromatic heterocycles. The van der Waals surface area contributed by atoms with Gasteiger partial charge >= 0.3 is 0 Å². The van der Waals surface area contributed by atoms with Crippen LogP contribution in [0.3, 0.4) is 0 Å². The second-order valence-electron chi connectivity index (χ2n) is 6.81. The van der Waals surface area contributed by atoms with Gasteiger partial charge < -0.3 is 0 Å². The Labute approximate surface area is 154 Å². The summed E-state index contributed by atoms with van der Waals surface area (Å²) in [6.45, 7) is 4.07. The minimum absolute atomic E-state index is 0.736. The number of aldehydes is 2. The molecule has 0 amide bonds. The van der Waals surface area contributed by atoms with Crippen molar-refractivity contribution < 1.29 is 9.59 Å². The summed E-state index contributed by atoms with van der Waals surface area (Å²) in [6, 6.07) is 20.2. The maximum Gasteiger partial charge on any atom is 0.150 e. The van der Waals surface area contributed by atoms with E-state index in [9.17, 15) is 9.59 Å². The van der Waals surface area contributed by atoms with Crippen molar-refractivity contribution in [2.45, 2.75) is 26.7 Å². The molecule has 2 nitrogen and oxygen atoms in total. The van der Waals surface area contributed by atoms with Crippen LogP contribution in [0.4, 0.5) is 0 Å². The third-order valence-electron chi connectivity index (χ3n) is 4.66. The molecular formula is C24H22O2. The lowest BCUT2D eigenvalue weighted by Crippen LogP contribution is -1.98. The summed E-state index contributed by atoms with van der Waals surface area (Å²) in [5.41, 5.74) is 8.24. The van der Waals surface area contributed by atoms with Gasteiger partial charge in [0, 0.05) is 11.1 Å². The molecule has 0 radical (unpaired) electrons. The van der Waals surface area contributed by atoms with Crippen molar-refractivity contribution >= 4 is 12.6 Å². The van der Waals surface area contributed by atoms with Crippen LogP contribution in [-0.4, -0.2) is 12.6 Å². The fourth-order valence-electron chi connectivity index (χ4n) is 3.22. The molecule has 0 saturated carbocycles. The summed E-state index contributed by atoms with van der Waals surface area (Å²) in [7, 11) is 0. The van der Waals surface area contributed by atoms with E-state index in [1.807, 2.05) is 38.1 Å². The van der Waals surface area contributed by atoms with Crippen LogP contribution in [0.15, 0.2) is 60.7 Å². The van der Waals surface area contributed by atoms with Gasteiger partial charge in [-0.25, -0.2) is 0 Å². The van der Waals surface area contributed by atoms with E-state index in [0.717, 1.165) is 58.8 Å². The largest absolute Gasteiger partial charge is 0.298 e. The average Bonchev–Trinajstić information content (AvgIpc) is 2.64. The van der Waals surface area contributed by atoms with Crippen molar-refractivity contribution in [3.8, 4) is 0 Å². The van der Waals surface area contributed by atoms with Crippen LogP contribution in [-0.2, 0) is 12.8 Å². The normalized spacial score (nSPS) is 10.5. The van der Waals surface area contributed by atoms with Gasteiger partial charge in [0.15, 0.2) is 0 Å². The Morgan fingerprint density at radius 1 is 0.615 bits per heavy atom. The van der Waals surface area contributed by atoms with E-state index < -0.39 is 0 Å². The summed E-state index contributed by atoms with van der Waals surface area (Å²) in [6.07, 6.45) is 3.31. The van der Waals surface area contributed by atoms with Crippen molar-refractivity contribution in [3.63, 3.8) is 0 Å². The molecule has 0 fully saturated rings. The molecule has 0 aliphatic heterocycles. The molecule has 0 heterocycles. The first-order chi connectivity index (χ1) is 12.6. The molecule has 130 valence electrons. The lowest BCUT2D eigenvalue weighted by molar-refractivity contribution is 0.111. The second-order valence-corrected chi connectivity index (χ2v) is 6.81. The highest BCUT2D eigenvalue weighted by Crippen LogP contribution is 2.19. The average molecular weight is 342 g/mol. The number of benzene rings is 3. The molecule has 3 aromatic carbocycles. The van der Waals surface area contributed by atoms with Gasteiger partial charge in [-0.05, 0) is 48.9 Å². The van der Waals surface area contributed by atoms with E-state index >= 15 is 0 Å². The fraction of sp³-hybridized carbons (Fsp3) is 0.167. The van der Waals surface area contributed by atoms with Gasteiger partial charge in [-0.15, -0.1) is 0 Å². The summed E-state index contributed by atoms with van der Waals surface area (Å²) in [5.74, 6) is 0. The first-order valence-corrected chi connectivity index (χ1v) is 8.76. The number of rotatable bonds is 6. The van der Waals surface area contributed by atoms with Gasteiger partial charge in [-0.2, -0.15) is 0 Å². The number of aryl methyl sites for hydroxylation is 2. The standard InChI is InChI=1S/C24H22O2/c1-17-3-9-21(15-25)23(11-17)13-19-5-7-20(8-6-19)14-24-12-18(2)4-10-22(24)16-26/h3-12,15-16H,13-14H2,1-2H3. The molecule has 3 rings (SSSR count). The zero-order valence-corrected chi connectivity index (χ0v) is 15.2. The molecule has 2 heteroatoms. The molecule has 0 saturated heterocycles. The minimum atomic E-state index is 0.736. The van der Waals surface area contributed by atoms with Gasteiger partial charge in [-0.3, -0.25) is 9.59 Å². The summed E-state index contributed by atoms with van der Waals surface area (Å²) in [5, 5.41) is 0. The third-order valence-corrected chi connectivity index (χ3v) is 4.66. The Bertz CT molecular complexity index is 858. The van der Waals surface area contributed by atoms with E-state index in [-0.39, 0.29) is 0 Å². The van der Waals surface area contributed by atoms with Gasteiger partial charge in [0.05, 0.1) is 0 Å². The summed E-state index contributed by atoms with van der Waals surface area (Å²) in [4.78, 5) is 22.5. The predicted molar refractivity (Wildman–Crippen MR) is 105 cm³/mol. The van der Waals surface area contributed by atoms with Gasteiger partial charge in [0.2, 0.25) is 0 Å². The van der Waals surface area contributed by atoms with Crippen molar-refractivity contribution in [1.29, 1.82) is 0 Å². The van der Waals surface area contributed by atoms with E-state index in [4.69, 9.17) is 0 Å². The molecule has 0 spiro atoms. The monoisotopic (exact) mass is 342 g/mol. The van der Waals surface area contributed by atoms with Gasteiger partial charge in [-0.1, -0.05) is 71.8 Å². The zero-order valence-electron chi connectivity index (χ0n) is 15.2. The van der Waals surface area contributed by atoms with Crippen LogP contribution >= 0.6 is 0 Å². The third kappa shape index (κ3) is 4.15. The Balaban J connectivity index is 1.79. The maximum atomic E-state index is 11.2. The molecule has 0 aliphatic carbocycles. The zero-order chi connectivity index (χ0) is 18.5. The number of carbonyl (C=O) groups excluding carboxylic acids is 2. The lowest BCUT2D eigenvalue weighted by Gasteiger charge is -2.09. The molecular weight excluding hydrogens is 320 g/mol. The van der Waals surface area contributed by atoms with Crippen molar-refractivity contribution in [2.75, 3.05) is 0 Å². The van der Waals surface area contributed by atoms with E-state index in [1.165, 1.54) is 11.1 Å². The molecule has 0 aliphatic rings. The number of hydrogen-bond acceptors (Lipinski definition) is 2. The topological polar surface area (TPSA) is 34.1 Å². The van der Waals surface area contributed by atoms with E-state index in [2.05, 4.69) is 36.4 Å². The molecule has 0 N–H and O–H groups in total. The second kappa shape index (κ2) is 7.92. The Hall–Kier alpha value is -3.00. The van der Waals surface area contributed by atoms with Gasteiger partial charge in [0.1, 0.15) is 12.6 Å². The van der Waals surface area contributed by atoms with Crippen molar-refractivity contribution in [3.05, 3.63) is 105 Å². The first kappa shape index (κ1) is 17.8.